The number of rotatable bonds is 8. The summed E-state index contributed by atoms with van der Waals surface area (Å²) in [5.74, 6) is 1.13. The Kier molecular flexibility index (Phi) is 11.9. The number of hydrogen-bond donors (Lipinski definition) is 1. The molecule has 1 N–H and O–H groups in total. The second kappa shape index (κ2) is 13.8. The molecule has 0 aliphatic carbocycles. The van der Waals surface area contributed by atoms with Crippen molar-refractivity contribution >= 4 is 5.91 Å². The largest absolute Gasteiger partial charge is 0.491 e. The molecule has 2 aromatic carbocycles. The number of carbonyl (C=O) groups excluding carboxylic acids is 1. The Bertz CT molecular complexity index is 798. The zero-order valence-corrected chi connectivity index (χ0v) is 19.5. The van der Waals surface area contributed by atoms with Crippen LogP contribution < -0.4 is 4.74 Å². The van der Waals surface area contributed by atoms with E-state index in [9.17, 15) is 9.18 Å². The molecule has 5 nitrogen and oxygen atoms in total. The third-order valence-electron chi connectivity index (χ3n) is 5.26. The number of nitrogens with zero attached hydrogens (tertiary/aromatic N) is 2. The standard InChI is InChI=1S/C24H31FN2O2.CH4O.FH/c1-18(2)29-23-10-6-19(7-11-23)14-24(28)27(17-21-12-13-26(3)15-21)16-20-4-8-22(25)9-5-20;1-2;/h4-11,18,21H,12-17H2,1-3H3;2H,1H3;1H/t21-;;/m0../s1. The fourth-order valence-corrected chi connectivity index (χ4v) is 3.80. The summed E-state index contributed by atoms with van der Waals surface area (Å²) in [7, 11) is 3.12. The van der Waals surface area contributed by atoms with Crippen molar-refractivity contribution in [3.05, 3.63) is 65.5 Å². The van der Waals surface area contributed by atoms with Gasteiger partial charge in [-0.3, -0.25) is 9.50 Å². The minimum absolute atomic E-state index is 0. The third kappa shape index (κ3) is 8.93. The molecular weight excluding hydrogens is 414 g/mol. The SMILES string of the molecule is CC(C)Oc1ccc(CC(=O)N(Cc2ccc(F)cc2)C[C@H]2CCN(C)C2)cc1.CO.F. The monoisotopic (exact) mass is 450 g/mol. The number of ether oxygens (including phenoxy) is 1. The van der Waals surface area contributed by atoms with Crippen LogP contribution in [0.4, 0.5) is 9.09 Å². The molecule has 0 aromatic heterocycles. The number of likely N-dealkylation sites (tertiary alicyclic amines) is 1. The van der Waals surface area contributed by atoms with E-state index in [1.54, 1.807) is 12.1 Å². The minimum Gasteiger partial charge on any atom is -0.491 e. The molecular formula is C25H36F2N2O3. The summed E-state index contributed by atoms with van der Waals surface area (Å²) >= 11 is 0. The number of benzene rings is 2. The first-order valence-corrected chi connectivity index (χ1v) is 10.8. The first-order chi connectivity index (χ1) is 14.9. The molecule has 1 heterocycles. The molecule has 1 fully saturated rings. The highest BCUT2D eigenvalue weighted by Crippen LogP contribution is 2.19. The van der Waals surface area contributed by atoms with E-state index in [1.165, 1.54) is 12.1 Å². The van der Waals surface area contributed by atoms with E-state index >= 15 is 0 Å². The summed E-state index contributed by atoms with van der Waals surface area (Å²) in [6, 6.07) is 14.2. The lowest BCUT2D eigenvalue weighted by molar-refractivity contribution is -0.131. The lowest BCUT2D eigenvalue weighted by Crippen LogP contribution is -2.36. The lowest BCUT2D eigenvalue weighted by Gasteiger charge is -2.26. The Balaban J connectivity index is 0.00000166. The van der Waals surface area contributed by atoms with Gasteiger partial charge in [0.2, 0.25) is 5.91 Å². The van der Waals surface area contributed by atoms with Crippen LogP contribution >= 0.6 is 0 Å². The number of aliphatic hydroxyl groups excluding tert-OH is 1. The molecule has 32 heavy (non-hydrogen) atoms. The average molecular weight is 451 g/mol. The molecule has 0 bridgehead atoms. The molecule has 2 aromatic rings. The molecule has 0 spiro atoms. The van der Waals surface area contributed by atoms with Crippen LogP contribution in [0, 0.1) is 11.7 Å². The Morgan fingerprint density at radius 1 is 1.12 bits per heavy atom. The minimum atomic E-state index is -0.257. The maximum atomic E-state index is 13.3. The van der Waals surface area contributed by atoms with Gasteiger partial charge in [-0.15, -0.1) is 0 Å². The molecule has 1 saturated heterocycles. The first-order valence-electron chi connectivity index (χ1n) is 10.8. The van der Waals surface area contributed by atoms with Gasteiger partial charge in [-0.2, -0.15) is 0 Å². The van der Waals surface area contributed by atoms with Crippen molar-refractivity contribution in [1.82, 2.24) is 9.80 Å². The highest BCUT2D eigenvalue weighted by molar-refractivity contribution is 5.78. The van der Waals surface area contributed by atoms with E-state index in [0.29, 0.717) is 18.9 Å². The van der Waals surface area contributed by atoms with Crippen LogP contribution in [-0.2, 0) is 17.8 Å². The Morgan fingerprint density at radius 2 is 1.72 bits per heavy atom. The smallest absolute Gasteiger partial charge is 0.227 e. The van der Waals surface area contributed by atoms with Crippen LogP contribution in [0.2, 0.25) is 0 Å². The number of carbonyl (C=O) groups is 1. The van der Waals surface area contributed by atoms with Gasteiger partial charge in [0, 0.05) is 26.7 Å². The molecule has 1 atom stereocenters. The summed E-state index contributed by atoms with van der Waals surface area (Å²) in [5.41, 5.74) is 1.92. The van der Waals surface area contributed by atoms with Crippen molar-refractivity contribution in [1.29, 1.82) is 0 Å². The lowest BCUT2D eigenvalue weighted by atomic mass is 10.1. The van der Waals surface area contributed by atoms with Crippen LogP contribution in [0.25, 0.3) is 0 Å². The Morgan fingerprint density at radius 3 is 2.25 bits per heavy atom. The van der Waals surface area contributed by atoms with Crippen LogP contribution in [0.15, 0.2) is 48.5 Å². The van der Waals surface area contributed by atoms with Gasteiger partial charge >= 0.3 is 0 Å². The quantitative estimate of drug-likeness (QED) is 0.663. The van der Waals surface area contributed by atoms with E-state index in [1.807, 2.05) is 43.0 Å². The summed E-state index contributed by atoms with van der Waals surface area (Å²) in [4.78, 5) is 17.4. The van der Waals surface area contributed by atoms with E-state index in [-0.39, 0.29) is 22.5 Å². The molecule has 7 heteroatoms. The van der Waals surface area contributed by atoms with Gasteiger partial charge in [-0.25, -0.2) is 4.39 Å². The first kappa shape index (κ1) is 27.5. The summed E-state index contributed by atoms with van der Waals surface area (Å²) in [5, 5.41) is 7.00. The predicted molar refractivity (Wildman–Crippen MR) is 124 cm³/mol. The third-order valence-corrected chi connectivity index (χ3v) is 5.26. The van der Waals surface area contributed by atoms with Gasteiger partial charge in [-0.1, -0.05) is 24.3 Å². The molecule has 0 radical (unpaired) electrons. The summed E-state index contributed by atoms with van der Waals surface area (Å²) < 4.78 is 18.9. The predicted octanol–water partition coefficient (Wildman–Crippen LogP) is 3.90. The summed E-state index contributed by atoms with van der Waals surface area (Å²) in [6.07, 6.45) is 1.58. The average Bonchev–Trinajstić information content (AvgIpc) is 3.16. The normalized spacial score (nSPS) is 15.5. The molecule has 3 rings (SSSR count). The topological polar surface area (TPSA) is 53.0 Å². The molecule has 1 amide bonds. The summed E-state index contributed by atoms with van der Waals surface area (Å²) in [6.45, 7) is 7.30. The Labute approximate surface area is 190 Å². The number of hydrogen-bond acceptors (Lipinski definition) is 4. The van der Waals surface area contributed by atoms with Crippen LogP contribution in [0.3, 0.4) is 0 Å². The fraction of sp³-hybridized carbons (Fsp3) is 0.480. The fourth-order valence-electron chi connectivity index (χ4n) is 3.80. The van der Waals surface area contributed by atoms with Crippen molar-refractivity contribution in [3.8, 4) is 5.75 Å². The van der Waals surface area contributed by atoms with Gasteiger partial charge in [0.25, 0.3) is 0 Å². The van der Waals surface area contributed by atoms with Crippen LogP contribution in [0.1, 0.15) is 31.4 Å². The van der Waals surface area contributed by atoms with Gasteiger partial charge in [0.1, 0.15) is 11.6 Å². The number of halogens is 2. The van der Waals surface area contributed by atoms with Crippen molar-refractivity contribution in [2.45, 2.75) is 39.3 Å². The van der Waals surface area contributed by atoms with Gasteiger partial charge in [0.15, 0.2) is 0 Å². The molecule has 0 unspecified atom stereocenters. The van der Waals surface area contributed by atoms with Gasteiger partial charge in [-0.05, 0) is 75.2 Å². The van der Waals surface area contributed by atoms with Crippen LogP contribution in [-0.4, -0.2) is 60.7 Å². The van der Waals surface area contributed by atoms with Crippen molar-refractivity contribution in [2.75, 3.05) is 33.8 Å². The van der Waals surface area contributed by atoms with Gasteiger partial charge in [0.05, 0.1) is 12.5 Å². The number of aliphatic hydroxyl groups is 1. The van der Waals surface area contributed by atoms with E-state index < -0.39 is 0 Å². The zero-order valence-electron chi connectivity index (χ0n) is 19.5. The van der Waals surface area contributed by atoms with E-state index in [0.717, 1.165) is 50.0 Å². The van der Waals surface area contributed by atoms with Crippen LogP contribution in [0.5, 0.6) is 5.75 Å². The molecule has 178 valence electrons. The zero-order chi connectivity index (χ0) is 22.8. The van der Waals surface area contributed by atoms with E-state index in [4.69, 9.17) is 9.84 Å². The highest BCUT2D eigenvalue weighted by atomic mass is 19.1. The second-order valence-electron chi connectivity index (χ2n) is 8.31. The second-order valence-corrected chi connectivity index (χ2v) is 8.31. The van der Waals surface area contributed by atoms with Crippen molar-refractivity contribution < 1.29 is 23.7 Å². The number of amides is 1. The molecule has 1 aliphatic rings. The van der Waals surface area contributed by atoms with Crippen molar-refractivity contribution in [3.63, 3.8) is 0 Å². The van der Waals surface area contributed by atoms with E-state index in [2.05, 4.69) is 11.9 Å². The maximum Gasteiger partial charge on any atom is 0.227 e. The molecule has 0 saturated carbocycles. The maximum absolute atomic E-state index is 13.3. The van der Waals surface area contributed by atoms with Crippen molar-refractivity contribution in [2.24, 2.45) is 5.92 Å². The highest BCUT2D eigenvalue weighted by Gasteiger charge is 2.24. The Hall–Kier alpha value is -2.51. The molecule has 1 aliphatic heterocycles. The van der Waals surface area contributed by atoms with Gasteiger partial charge < -0.3 is 19.6 Å².